The number of alkyl halides is 3. The number of carbonyl (C=O) groups excluding carboxylic acids is 1. The molecule has 1 heterocycles. The summed E-state index contributed by atoms with van der Waals surface area (Å²) >= 11 is 12.0. The zero-order chi connectivity index (χ0) is 22.8. The number of benzene rings is 1. The van der Waals surface area contributed by atoms with Crippen LogP contribution in [0.2, 0.25) is 10.0 Å². The van der Waals surface area contributed by atoms with Crippen molar-refractivity contribution in [3.05, 3.63) is 33.4 Å². The third-order valence-electron chi connectivity index (χ3n) is 3.51. The van der Waals surface area contributed by atoms with Gasteiger partial charge in [-0.15, -0.1) is 0 Å². The first-order valence-corrected chi connectivity index (χ1v) is 10.2. The van der Waals surface area contributed by atoms with Gasteiger partial charge in [0, 0.05) is 6.26 Å². The fourth-order valence-corrected chi connectivity index (χ4v) is 3.74. The van der Waals surface area contributed by atoms with Crippen molar-refractivity contribution in [3.8, 4) is 5.69 Å². The number of aromatic nitrogens is 2. The number of nitrogens with zero attached hydrogens (tertiary/aromatic N) is 3. The van der Waals surface area contributed by atoms with Crippen molar-refractivity contribution in [3.63, 3.8) is 0 Å². The summed E-state index contributed by atoms with van der Waals surface area (Å²) in [5, 5.41) is 6.80. The fraction of sp³-hybridized carbons (Fsp3) is 0.267. The molecule has 1 unspecified atom stereocenters. The lowest BCUT2D eigenvalue weighted by Gasteiger charge is -2.13. The van der Waals surface area contributed by atoms with Gasteiger partial charge in [0.1, 0.15) is 22.1 Å². The molecule has 0 aliphatic heterocycles. The topological polar surface area (TPSA) is 138 Å². The van der Waals surface area contributed by atoms with Gasteiger partial charge in [-0.25, -0.2) is 14.9 Å². The molecule has 0 aliphatic carbocycles. The molecule has 2 rings (SSSR count). The van der Waals surface area contributed by atoms with E-state index in [0.717, 1.165) is 4.68 Å². The minimum absolute atomic E-state index is 0.0813. The number of hydrogen-bond acceptors (Lipinski definition) is 6. The molecule has 0 fully saturated rings. The smallest absolute Gasteiger partial charge is 0.427 e. The largest absolute Gasteiger partial charge is 0.449 e. The number of nitrogens with two attached hydrogens (primary N) is 2. The molecule has 0 aliphatic rings. The SMILES string of the molecule is CCOC(=O)N/N=C(\N)c1nn(-c2c(Cl)cc(C(F)(F)F)cc2Cl)c(N)c1S(C)=O. The van der Waals surface area contributed by atoms with E-state index in [4.69, 9.17) is 34.7 Å². The van der Waals surface area contributed by atoms with Crippen LogP contribution >= 0.6 is 23.2 Å². The molecule has 0 saturated carbocycles. The van der Waals surface area contributed by atoms with Crippen LogP contribution in [-0.4, -0.2) is 38.8 Å². The summed E-state index contributed by atoms with van der Waals surface area (Å²) in [5.41, 5.74) is 12.3. The van der Waals surface area contributed by atoms with Crippen molar-refractivity contribution in [2.75, 3.05) is 18.6 Å². The number of anilines is 1. The van der Waals surface area contributed by atoms with Gasteiger partial charge in [0.15, 0.2) is 5.84 Å². The van der Waals surface area contributed by atoms with Gasteiger partial charge in [0.05, 0.1) is 33.0 Å². The van der Waals surface area contributed by atoms with Crippen LogP contribution in [0.1, 0.15) is 18.2 Å². The van der Waals surface area contributed by atoms with E-state index in [-0.39, 0.29) is 28.7 Å². The van der Waals surface area contributed by atoms with Gasteiger partial charge in [-0.2, -0.15) is 23.4 Å². The van der Waals surface area contributed by atoms with Gasteiger partial charge in [-0.05, 0) is 19.1 Å². The molecule has 0 saturated heterocycles. The summed E-state index contributed by atoms with van der Waals surface area (Å²) in [5.74, 6) is -0.637. The van der Waals surface area contributed by atoms with Gasteiger partial charge >= 0.3 is 12.3 Å². The number of hydrazone groups is 1. The number of rotatable bonds is 5. The average Bonchev–Trinajstić information content (AvgIpc) is 2.96. The van der Waals surface area contributed by atoms with E-state index in [1.807, 2.05) is 5.43 Å². The number of amidine groups is 1. The Hall–Kier alpha value is -2.51. The Morgan fingerprint density at radius 1 is 1.37 bits per heavy atom. The van der Waals surface area contributed by atoms with Crippen molar-refractivity contribution >= 4 is 51.7 Å². The number of nitrogen functional groups attached to an aromatic ring is 1. The second-order valence-corrected chi connectivity index (χ2v) is 7.68. The Bertz CT molecular complexity index is 1020. The van der Waals surface area contributed by atoms with E-state index in [0.29, 0.717) is 12.1 Å². The van der Waals surface area contributed by atoms with Crippen molar-refractivity contribution in [1.82, 2.24) is 15.2 Å². The molecule has 30 heavy (non-hydrogen) atoms. The predicted molar refractivity (Wildman–Crippen MR) is 106 cm³/mol. The van der Waals surface area contributed by atoms with E-state index in [1.54, 1.807) is 6.92 Å². The molecule has 15 heteroatoms. The molecule has 164 valence electrons. The predicted octanol–water partition coefficient (Wildman–Crippen LogP) is 2.88. The van der Waals surface area contributed by atoms with Gasteiger partial charge in [-0.3, -0.25) is 4.21 Å². The van der Waals surface area contributed by atoms with Crippen LogP contribution in [0.4, 0.5) is 23.8 Å². The maximum Gasteiger partial charge on any atom is 0.427 e. The van der Waals surface area contributed by atoms with Crippen LogP contribution < -0.4 is 16.9 Å². The summed E-state index contributed by atoms with van der Waals surface area (Å²) in [6, 6.07) is 1.29. The average molecular weight is 487 g/mol. The molecular weight excluding hydrogens is 472 g/mol. The standard InChI is InChI=1S/C15H15Cl2F3N6O3S/c1-3-29-14(27)24-23-12(21)9-11(30(2)28)13(22)26(25-9)10-7(16)4-6(5-8(10)17)15(18,19)20/h4-5H,3,22H2,1-2H3,(H2,21,23)(H,24,27). The molecule has 0 spiro atoms. The summed E-state index contributed by atoms with van der Waals surface area (Å²) in [6.45, 7) is 1.66. The number of carbonyl (C=O) groups is 1. The zero-order valence-electron chi connectivity index (χ0n) is 15.4. The Morgan fingerprint density at radius 2 is 1.93 bits per heavy atom. The maximum atomic E-state index is 13.0. The Balaban J connectivity index is 2.62. The molecule has 1 amide bonds. The van der Waals surface area contributed by atoms with Crippen molar-refractivity contribution < 1.29 is 26.9 Å². The van der Waals surface area contributed by atoms with Crippen molar-refractivity contribution in [1.29, 1.82) is 0 Å². The Morgan fingerprint density at radius 3 is 2.40 bits per heavy atom. The molecule has 0 radical (unpaired) electrons. The van der Waals surface area contributed by atoms with Crippen LogP contribution in [0.5, 0.6) is 0 Å². The highest BCUT2D eigenvalue weighted by Crippen LogP contribution is 2.39. The third kappa shape index (κ3) is 4.96. The molecule has 1 aromatic carbocycles. The second-order valence-electron chi connectivity index (χ2n) is 5.54. The summed E-state index contributed by atoms with van der Waals surface area (Å²) in [7, 11) is -1.75. The molecular formula is C15H15Cl2F3N6O3S. The van der Waals surface area contributed by atoms with Crippen LogP contribution in [0.25, 0.3) is 5.69 Å². The van der Waals surface area contributed by atoms with Crippen LogP contribution in [0, 0.1) is 0 Å². The van der Waals surface area contributed by atoms with Crippen LogP contribution in [0.3, 0.4) is 0 Å². The van der Waals surface area contributed by atoms with Gasteiger partial charge in [-0.1, -0.05) is 23.2 Å². The maximum absolute atomic E-state index is 13.0. The summed E-state index contributed by atoms with van der Waals surface area (Å²) in [4.78, 5) is 11.3. The van der Waals surface area contributed by atoms with Gasteiger partial charge in [0.2, 0.25) is 0 Å². The minimum atomic E-state index is -4.68. The number of ether oxygens (including phenoxy) is 1. The lowest BCUT2D eigenvalue weighted by molar-refractivity contribution is -0.137. The first-order valence-electron chi connectivity index (χ1n) is 7.93. The number of amides is 1. The van der Waals surface area contributed by atoms with Crippen LogP contribution in [0.15, 0.2) is 22.1 Å². The highest BCUT2D eigenvalue weighted by Gasteiger charge is 2.33. The Labute approximate surface area is 180 Å². The highest BCUT2D eigenvalue weighted by molar-refractivity contribution is 7.84. The number of hydrogen-bond donors (Lipinski definition) is 3. The zero-order valence-corrected chi connectivity index (χ0v) is 17.7. The second kappa shape index (κ2) is 9.10. The Kier molecular flexibility index (Phi) is 7.21. The lowest BCUT2D eigenvalue weighted by Crippen LogP contribution is -2.25. The highest BCUT2D eigenvalue weighted by atomic mass is 35.5. The molecule has 2 aromatic rings. The van der Waals surface area contributed by atoms with E-state index in [2.05, 4.69) is 14.9 Å². The number of halogens is 5. The third-order valence-corrected chi connectivity index (χ3v) is 5.06. The minimum Gasteiger partial charge on any atom is -0.449 e. The van der Waals surface area contributed by atoms with E-state index in [1.165, 1.54) is 6.26 Å². The van der Waals surface area contributed by atoms with Crippen molar-refractivity contribution in [2.45, 2.75) is 18.0 Å². The van der Waals surface area contributed by atoms with Gasteiger partial charge in [0.25, 0.3) is 0 Å². The number of nitrogens with one attached hydrogen (secondary N) is 1. The molecule has 1 atom stereocenters. The quantitative estimate of drug-likeness (QED) is 0.337. The van der Waals surface area contributed by atoms with Gasteiger partial charge < -0.3 is 16.2 Å². The van der Waals surface area contributed by atoms with E-state index < -0.39 is 44.5 Å². The van der Waals surface area contributed by atoms with E-state index >= 15 is 0 Å². The first kappa shape index (κ1) is 23.8. The lowest BCUT2D eigenvalue weighted by atomic mass is 10.2. The summed E-state index contributed by atoms with van der Waals surface area (Å²) in [6.07, 6.45) is -4.32. The monoisotopic (exact) mass is 486 g/mol. The van der Waals surface area contributed by atoms with Crippen molar-refractivity contribution in [2.24, 2.45) is 10.8 Å². The fourth-order valence-electron chi connectivity index (χ4n) is 2.29. The molecule has 0 bridgehead atoms. The summed E-state index contributed by atoms with van der Waals surface area (Å²) < 4.78 is 56.6. The first-order chi connectivity index (χ1) is 13.9. The molecule has 9 nitrogen and oxygen atoms in total. The molecule has 5 N–H and O–H groups in total. The molecule has 1 aromatic heterocycles. The van der Waals surface area contributed by atoms with E-state index in [9.17, 15) is 22.2 Å². The normalized spacial score (nSPS) is 13.2. The van der Waals surface area contributed by atoms with Crippen LogP contribution in [-0.2, 0) is 21.7 Å².